The molecule has 0 unspecified atom stereocenters. The van der Waals surface area contributed by atoms with E-state index in [0.717, 1.165) is 38.2 Å². The largest absolute Gasteiger partial charge is 0.343 e. The molecule has 0 radical (unpaired) electrons. The molecule has 1 aromatic heterocycles. The van der Waals surface area contributed by atoms with Crippen LogP contribution in [-0.2, 0) is 11.3 Å². The van der Waals surface area contributed by atoms with E-state index < -0.39 is 0 Å². The molecule has 1 aromatic rings. The second kappa shape index (κ2) is 5.96. The van der Waals surface area contributed by atoms with Gasteiger partial charge in [0.05, 0.1) is 5.69 Å². The van der Waals surface area contributed by atoms with Crippen molar-refractivity contribution in [3.8, 4) is 0 Å². The van der Waals surface area contributed by atoms with Crippen LogP contribution in [0.3, 0.4) is 0 Å². The number of hydrogen-bond acceptors (Lipinski definition) is 3. The van der Waals surface area contributed by atoms with E-state index in [1.54, 1.807) is 6.92 Å². The number of aromatic nitrogens is 1. The highest BCUT2D eigenvalue weighted by molar-refractivity contribution is 5.73. The minimum atomic E-state index is 0.195. The summed E-state index contributed by atoms with van der Waals surface area (Å²) in [6.45, 7) is 4.29. The summed E-state index contributed by atoms with van der Waals surface area (Å²) in [6, 6.07) is 6.58. The smallest absolute Gasteiger partial charge is 0.219 e. The van der Waals surface area contributed by atoms with Gasteiger partial charge in [0.1, 0.15) is 0 Å². The molecule has 2 rings (SSSR count). The fourth-order valence-corrected chi connectivity index (χ4v) is 2.50. The molecule has 4 nitrogen and oxygen atoms in total. The molecule has 0 aliphatic carbocycles. The minimum absolute atomic E-state index is 0.195. The lowest BCUT2D eigenvalue weighted by Gasteiger charge is -2.36. The third-order valence-electron chi connectivity index (χ3n) is 3.67. The first-order valence-corrected chi connectivity index (χ1v) is 6.52. The first-order valence-electron chi connectivity index (χ1n) is 6.52. The molecule has 0 atom stereocenters. The Morgan fingerprint density at radius 2 is 2.17 bits per heavy atom. The SMILES string of the molecule is CC(=O)N1CCC(N(C)Cc2ccccn2)CC1. The van der Waals surface area contributed by atoms with Crippen LogP contribution >= 0.6 is 0 Å². The van der Waals surface area contributed by atoms with E-state index in [4.69, 9.17) is 0 Å². The highest BCUT2D eigenvalue weighted by atomic mass is 16.2. The van der Waals surface area contributed by atoms with Crippen LogP contribution in [0.25, 0.3) is 0 Å². The standard InChI is InChI=1S/C14H21N3O/c1-12(18)17-9-6-14(7-10-17)16(2)11-13-5-3-4-8-15-13/h3-5,8,14H,6-7,9-11H2,1-2H3. The Balaban J connectivity index is 1.84. The number of piperidine rings is 1. The van der Waals surface area contributed by atoms with Gasteiger partial charge in [-0.2, -0.15) is 0 Å². The van der Waals surface area contributed by atoms with Gasteiger partial charge < -0.3 is 4.90 Å². The van der Waals surface area contributed by atoms with Crippen LogP contribution in [0.2, 0.25) is 0 Å². The maximum absolute atomic E-state index is 11.3. The molecule has 1 aliphatic heterocycles. The Morgan fingerprint density at radius 1 is 1.44 bits per heavy atom. The fourth-order valence-electron chi connectivity index (χ4n) is 2.50. The van der Waals surface area contributed by atoms with E-state index in [1.807, 2.05) is 23.2 Å². The van der Waals surface area contributed by atoms with Crippen LogP contribution in [0.15, 0.2) is 24.4 Å². The van der Waals surface area contributed by atoms with Crippen molar-refractivity contribution in [2.45, 2.75) is 32.4 Å². The summed E-state index contributed by atoms with van der Waals surface area (Å²) in [6.07, 6.45) is 3.95. The van der Waals surface area contributed by atoms with Crippen molar-refractivity contribution in [3.05, 3.63) is 30.1 Å². The molecule has 0 N–H and O–H groups in total. The summed E-state index contributed by atoms with van der Waals surface area (Å²) in [5, 5.41) is 0. The van der Waals surface area contributed by atoms with Gasteiger partial charge in [0, 0.05) is 38.8 Å². The van der Waals surface area contributed by atoms with Crippen molar-refractivity contribution >= 4 is 5.91 Å². The quantitative estimate of drug-likeness (QED) is 0.812. The van der Waals surface area contributed by atoms with Gasteiger partial charge in [-0.05, 0) is 32.0 Å². The van der Waals surface area contributed by atoms with Crippen molar-refractivity contribution < 1.29 is 4.79 Å². The zero-order valence-electron chi connectivity index (χ0n) is 11.2. The van der Waals surface area contributed by atoms with Crippen LogP contribution in [0.1, 0.15) is 25.5 Å². The summed E-state index contributed by atoms with van der Waals surface area (Å²) >= 11 is 0. The van der Waals surface area contributed by atoms with Crippen LogP contribution in [0.5, 0.6) is 0 Å². The van der Waals surface area contributed by atoms with E-state index in [0.29, 0.717) is 6.04 Å². The van der Waals surface area contributed by atoms with Crippen LogP contribution < -0.4 is 0 Å². The molecule has 1 aliphatic rings. The van der Waals surface area contributed by atoms with Crippen molar-refractivity contribution in [1.82, 2.24) is 14.8 Å². The van der Waals surface area contributed by atoms with Gasteiger partial charge in [-0.15, -0.1) is 0 Å². The normalized spacial score (nSPS) is 17.2. The molecule has 2 heterocycles. The third-order valence-corrected chi connectivity index (χ3v) is 3.67. The number of amides is 1. The lowest BCUT2D eigenvalue weighted by molar-refractivity contribution is -0.130. The van der Waals surface area contributed by atoms with Gasteiger partial charge in [0.25, 0.3) is 0 Å². The molecule has 0 spiro atoms. The number of carbonyl (C=O) groups excluding carboxylic acids is 1. The maximum atomic E-state index is 11.3. The Hall–Kier alpha value is -1.42. The predicted octanol–water partition coefficient (Wildman–Crippen LogP) is 1.52. The number of rotatable bonds is 3. The summed E-state index contributed by atoms with van der Waals surface area (Å²) < 4.78 is 0. The lowest BCUT2D eigenvalue weighted by atomic mass is 10.0. The Kier molecular flexibility index (Phi) is 4.31. The monoisotopic (exact) mass is 247 g/mol. The summed E-state index contributed by atoms with van der Waals surface area (Å²) in [5.74, 6) is 0.195. The van der Waals surface area contributed by atoms with Crippen LogP contribution in [0.4, 0.5) is 0 Å². The molecule has 1 amide bonds. The predicted molar refractivity (Wildman–Crippen MR) is 71.0 cm³/mol. The highest BCUT2D eigenvalue weighted by Crippen LogP contribution is 2.16. The second-order valence-corrected chi connectivity index (χ2v) is 4.97. The second-order valence-electron chi connectivity index (χ2n) is 4.97. The van der Waals surface area contributed by atoms with Crippen molar-refractivity contribution in [2.24, 2.45) is 0 Å². The first kappa shape index (κ1) is 13.0. The topological polar surface area (TPSA) is 36.4 Å². The molecule has 0 aromatic carbocycles. The van der Waals surface area contributed by atoms with Gasteiger partial charge in [0.15, 0.2) is 0 Å². The van der Waals surface area contributed by atoms with E-state index in [9.17, 15) is 4.79 Å². The van der Waals surface area contributed by atoms with E-state index in [1.165, 1.54) is 0 Å². The average Bonchev–Trinajstić information content (AvgIpc) is 2.40. The molecule has 0 bridgehead atoms. The molecule has 4 heteroatoms. The number of pyridine rings is 1. The molecular formula is C14H21N3O. The number of likely N-dealkylation sites (tertiary alicyclic amines) is 1. The number of carbonyl (C=O) groups is 1. The summed E-state index contributed by atoms with van der Waals surface area (Å²) in [4.78, 5) is 19.9. The lowest BCUT2D eigenvalue weighted by Crippen LogP contribution is -2.44. The van der Waals surface area contributed by atoms with Gasteiger partial charge in [-0.1, -0.05) is 6.07 Å². The molecule has 1 fully saturated rings. The Bertz CT molecular complexity index is 385. The minimum Gasteiger partial charge on any atom is -0.343 e. The van der Waals surface area contributed by atoms with Gasteiger partial charge >= 0.3 is 0 Å². The zero-order valence-corrected chi connectivity index (χ0v) is 11.2. The molecule has 0 saturated carbocycles. The molecule has 98 valence electrons. The number of nitrogens with zero attached hydrogens (tertiary/aromatic N) is 3. The van der Waals surface area contributed by atoms with Crippen molar-refractivity contribution in [2.75, 3.05) is 20.1 Å². The van der Waals surface area contributed by atoms with E-state index in [2.05, 4.69) is 23.0 Å². The van der Waals surface area contributed by atoms with Crippen LogP contribution in [-0.4, -0.2) is 46.9 Å². The Labute approximate surface area is 109 Å². The van der Waals surface area contributed by atoms with Crippen molar-refractivity contribution in [3.63, 3.8) is 0 Å². The van der Waals surface area contributed by atoms with Gasteiger partial charge in [-0.3, -0.25) is 14.7 Å². The molecule has 1 saturated heterocycles. The maximum Gasteiger partial charge on any atom is 0.219 e. The molecule has 18 heavy (non-hydrogen) atoms. The van der Waals surface area contributed by atoms with Gasteiger partial charge in [0.2, 0.25) is 5.91 Å². The average molecular weight is 247 g/mol. The Morgan fingerprint density at radius 3 is 2.72 bits per heavy atom. The first-order chi connectivity index (χ1) is 8.66. The molecular weight excluding hydrogens is 226 g/mol. The third kappa shape index (κ3) is 3.29. The summed E-state index contributed by atoms with van der Waals surface area (Å²) in [7, 11) is 2.14. The van der Waals surface area contributed by atoms with Crippen LogP contribution in [0, 0.1) is 0 Å². The number of hydrogen-bond donors (Lipinski definition) is 0. The van der Waals surface area contributed by atoms with E-state index >= 15 is 0 Å². The fraction of sp³-hybridized carbons (Fsp3) is 0.571. The summed E-state index contributed by atoms with van der Waals surface area (Å²) in [5.41, 5.74) is 1.11. The van der Waals surface area contributed by atoms with Gasteiger partial charge in [-0.25, -0.2) is 0 Å². The van der Waals surface area contributed by atoms with E-state index in [-0.39, 0.29) is 5.91 Å². The highest BCUT2D eigenvalue weighted by Gasteiger charge is 2.23. The van der Waals surface area contributed by atoms with Crippen molar-refractivity contribution in [1.29, 1.82) is 0 Å². The zero-order chi connectivity index (χ0) is 13.0.